The lowest BCUT2D eigenvalue weighted by Crippen LogP contribution is -2.42. The number of benzene rings is 6. The zero-order valence-corrected chi connectivity index (χ0v) is 59.1. The molecule has 3 N–H and O–H groups in total. The summed E-state index contributed by atoms with van der Waals surface area (Å²) in [6.07, 6.45) is 3.57. The minimum absolute atomic E-state index is 0.00104. The molecule has 4 amide bonds. The van der Waals surface area contributed by atoms with Gasteiger partial charge in [0, 0.05) is 62.9 Å². The van der Waals surface area contributed by atoms with Crippen molar-refractivity contribution in [3.05, 3.63) is 199 Å². The lowest BCUT2D eigenvalue weighted by Gasteiger charge is -2.32. The fourth-order valence-corrected chi connectivity index (χ4v) is 11.6. The van der Waals surface area contributed by atoms with Gasteiger partial charge in [0.05, 0.1) is 17.8 Å². The molecule has 534 valence electrons. The number of ether oxygens (including phenoxy) is 6. The van der Waals surface area contributed by atoms with Gasteiger partial charge in [-0.1, -0.05) is 54.6 Å². The van der Waals surface area contributed by atoms with Crippen molar-refractivity contribution in [3.8, 4) is 68.3 Å². The number of aromatic nitrogens is 3. The van der Waals surface area contributed by atoms with E-state index in [4.69, 9.17) is 52.4 Å². The first kappa shape index (κ1) is 73.5. The van der Waals surface area contributed by atoms with Crippen LogP contribution in [-0.4, -0.2) is 127 Å². The number of nitrogens with two attached hydrogens (primary N) is 1. The molecular formula is C79H87N7O16. The molecule has 3 atom stereocenters. The summed E-state index contributed by atoms with van der Waals surface area (Å²) in [6.45, 7) is 21.0. The first-order chi connectivity index (χ1) is 48.6. The van der Waals surface area contributed by atoms with E-state index in [9.17, 15) is 33.9 Å². The number of amides is 4. The Kier molecular flexibility index (Phi) is 23.3. The molecule has 6 heterocycles. The Morgan fingerprint density at radius 2 is 0.667 bits per heavy atom. The number of hydrogen-bond acceptors (Lipinski definition) is 18. The van der Waals surface area contributed by atoms with Crippen LogP contribution in [0.2, 0.25) is 0 Å². The zero-order chi connectivity index (χ0) is 72.9. The fourth-order valence-electron chi connectivity index (χ4n) is 11.6. The van der Waals surface area contributed by atoms with Crippen LogP contribution < -0.4 is 19.9 Å². The Hall–Kier alpha value is -11.2. The topological polar surface area (TPSA) is 292 Å². The normalized spacial score (nSPS) is 16.2. The summed E-state index contributed by atoms with van der Waals surface area (Å²) >= 11 is 0. The van der Waals surface area contributed by atoms with Crippen molar-refractivity contribution >= 4 is 35.9 Å². The summed E-state index contributed by atoms with van der Waals surface area (Å²) in [7, 11) is 0. The summed E-state index contributed by atoms with van der Waals surface area (Å²) in [5, 5.41) is 9.71. The molecule has 3 fully saturated rings. The standard InChI is InChI=1S/C27H30N2O5.C26H29N3O5.C26H28N2O6/c1-18(30)24-23(19-12-14-22(15-13-19)32-21-10-6-5-7-11-21)28-25(33-24)20-9-8-16-29(17-20)26(31)34-27(2,3)4;1-26(2,3)34-25(31)29-15-7-8-18(16-29)24-28-21(22(33-24)23(27)30)17-11-13-20(14-12-17)32-19-9-5-4-6-10-19;1-26(2,3)34-25(31)28-15-7-8-18(16-28)23-27-21(22(33-23)24(29)30)17-11-13-20(14-12-17)32-19-9-5-4-6-10-19/h5-7,10-15,20H,8-9,16-17H2,1-4H3;4-6,9-14,18H,7-8,15-16H2,1-3H3,(H2,27,30);4-6,9-14,18H,7-8,15-16H2,1-3H3,(H,29,30). The number of piperidine rings is 3. The number of aromatic carboxylic acids is 1. The molecule has 3 aliphatic heterocycles. The number of carbonyl (C=O) groups excluding carboxylic acids is 5. The molecule has 3 aliphatic rings. The van der Waals surface area contributed by atoms with E-state index in [0.29, 0.717) is 102 Å². The number of rotatable bonds is 15. The number of carboxylic acid groups (broad SMARTS) is 1. The van der Waals surface area contributed by atoms with Gasteiger partial charge in [0.15, 0.2) is 11.5 Å². The minimum atomic E-state index is -1.20. The fraction of sp³-hybridized carbons (Fsp3) is 0.354. The van der Waals surface area contributed by atoms with Gasteiger partial charge in [-0.05, 0) is 210 Å². The Morgan fingerprint density at radius 3 is 0.941 bits per heavy atom. The molecule has 0 aliphatic carbocycles. The van der Waals surface area contributed by atoms with Crippen LogP contribution in [0.5, 0.6) is 34.5 Å². The predicted octanol–water partition coefficient (Wildman–Crippen LogP) is 17.7. The van der Waals surface area contributed by atoms with Crippen LogP contribution in [0.15, 0.2) is 177 Å². The number of ketones is 1. The molecule has 0 spiro atoms. The summed E-state index contributed by atoms with van der Waals surface area (Å²) in [4.78, 5) is 92.7. The number of primary amides is 1. The highest BCUT2D eigenvalue weighted by atomic mass is 16.6. The van der Waals surface area contributed by atoms with E-state index >= 15 is 0 Å². The summed E-state index contributed by atoms with van der Waals surface area (Å²) in [5.41, 5.74) is 7.06. The Balaban J connectivity index is 0.000000165. The number of likely N-dealkylation sites (tertiary alicyclic amines) is 3. The highest BCUT2D eigenvalue weighted by molar-refractivity contribution is 5.97. The van der Waals surface area contributed by atoms with Crippen LogP contribution >= 0.6 is 0 Å². The van der Waals surface area contributed by atoms with Gasteiger partial charge in [-0.25, -0.2) is 34.1 Å². The van der Waals surface area contributed by atoms with Crippen molar-refractivity contribution in [1.82, 2.24) is 29.7 Å². The largest absolute Gasteiger partial charge is 0.475 e. The van der Waals surface area contributed by atoms with Gasteiger partial charge >= 0.3 is 24.2 Å². The highest BCUT2D eigenvalue weighted by Crippen LogP contribution is 2.38. The van der Waals surface area contributed by atoms with Gasteiger partial charge in [0.1, 0.15) is 68.4 Å². The Labute approximate surface area is 592 Å². The van der Waals surface area contributed by atoms with E-state index in [2.05, 4.69) is 9.97 Å². The second-order valence-electron chi connectivity index (χ2n) is 28.0. The molecule has 9 aromatic rings. The summed E-state index contributed by atoms with van der Waals surface area (Å²) < 4.78 is 51.5. The molecule has 0 radical (unpaired) electrons. The third-order valence-electron chi connectivity index (χ3n) is 16.3. The number of carboxylic acids is 1. The predicted molar refractivity (Wildman–Crippen MR) is 380 cm³/mol. The molecule has 23 nitrogen and oxygen atoms in total. The first-order valence-corrected chi connectivity index (χ1v) is 34.1. The third-order valence-corrected chi connectivity index (χ3v) is 16.3. The van der Waals surface area contributed by atoms with Gasteiger partial charge in [0.2, 0.25) is 29.2 Å². The van der Waals surface area contributed by atoms with E-state index in [1.54, 1.807) is 63.2 Å². The quantitative estimate of drug-likeness (QED) is 0.0712. The number of para-hydroxylation sites is 3. The zero-order valence-electron chi connectivity index (χ0n) is 59.1. The molecule has 0 bridgehead atoms. The average Bonchev–Trinajstić information content (AvgIpc) is 1.66. The van der Waals surface area contributed by atoms with Crippen molar-refractivity contribution in [3.63, 3.8) is 0 Å². The maximum Gasteiger partial charge on any atom is 0.410 e. The lowest BCUT2D eigenvalue weighted by atomic mass is 9.98. The van der Waals surface area contributed by atoms with Gasteiger partial charge in [0.25, 0.3) is 5.91 Å². The molecule has 23 heteroatoms. The van der Waals surface area contributed by atoms with Crippen molar-refractivity contribution in [2.75, 3.05) is 39.3 Å². The first-order valence-electron chi connectivity index (χ1n) is 34.1. The summed E-state index contributed by atoms with van der Waals surface area (Å²) in [6, 6.07) is 50.0. The number of Topliss-reactive ketones (excluding diaryl/α,β-unsaturated/α-hetero) is 1. The molecule has 0 saturated carbocycles. The summed E-state index contributed by atoms with van der Waals surface area (Å²) in [5.74, 6) is 2.74. The molecule has 3 saturated heterocycles. The number of nitrogens with zero attached hydrogens (tertiary/aromatic N) is 6. The van der Waals surface area contributed by atoms with Crippen LogP contribution in [0.25, 0.3) is 33.8 Å². The third kappa shape index (κ3) is 20.2. The van der Waals surface area contributed by atoms with Crippen LogP contribution in [0, 0.1) is 0 Å². The van der Waals surface area contributed by atoms with Crippen LogP contribution in [0.4, 0.5) is 14.4 Å². The smallest absolute Gasteiger partial charge is 0.410 e. The monoisotopic (exact) mass is 1390 g/mol. The van der Waals surface area contributed by atoms with Crippen molar-refractivity contribution in [1.29, 1.82) is 0 Å². The molecule has 102 heavy (non-hydrogen) atoms. The molecule has 6 aromatic carbocycles. The van der Waals surface area contributed by atoms with Crippen molar-refractivity contribution in [2.24, 2.45) is 5.73 Å². The van der Waals surface area contributed by atoms with Gasteiger partial charge in [-0.15, -0.1) is 0 Å². The highest BCUT2D eigenvalue weighted by Gasteiger charge is 2.36. The van der Waals surface area contributed by atoms with E-state index in [1.807, 2.05) is 178 Å². The van der Waals surface area contributed by atoms with Crippen molar-refractivity contribution in [2.45, 2.75) is 142 Å². The maximum absolute atomic E-state index is 12.5. The van der Waals surface area contributed by atoms with Crippen molar-refractivity contribution < 1.29 is 75.5 Å². The Morgan fingerprint density at radius 1 is 0.402 bits per heavy atom. The second kappa shape index (κ2) is 32.4. The van der Waals surface area contributed by atoms with E-state index in [-0.39, 0.29) is 58.7 Å². The van der Waals surface area contributed by atoms with Crippen LogP contribution in [0.3, 0.4) is 0 Å². The van der Waals surface area contributed by atoms with Crippen LogP contribution in [-0.2, 0) is 14.2 Å². The van der Waals surface area contributed by atoms with Gasteiger partial charge in [-0.2, -0.15) is 0 Å². The molecule has 3 unspecified atom stereocenters. The lowest BCUT2D eigenvalue weighted by molar-refractivity contribution is 0.0180. The van der Waals surface area contributed by atoms with E-state index in [1.165, 1.54) is 6.92 Å². The molecule has 12 rings (SSSR count). The van der Waals surface area contributed by atoms with Gasteiger partial charge in [-0.3, -0.25) is 9.59 Å². The van der Waals surface area contributed by atoms with Gasteiger partial charge < -0.3 is 67.2 Å². The Bertz CT molecular complexity index is 3880. The molecule has 3 aromatic heterocycles. The minimum Gasteiger partial charge on any atom is -0.475 e. The van der Waals surface area contributed by atoms with E-state index < -0.39 is 34.8 Å². The van der Waals surface area contributed by atoms with Crippen LogP contribution in [0.1, 0.15) is 175 Å². The average molecular weight is 1390 g/mol. The number of hydrogen-bond donors (Lipinski definition) is 2. The maximum atomic E-state index is 12.5. The number of carbonyl (C=O) groups is 6. The van der Waals surface area contributed by atoms with E-state index in [0.717, 1.165) is 55.6 Å². The number of oxazole rings is 3. The second-order valence-corrected chi connectivity index (χ2v) is 28.0. The SMILES string of the molecule is CC(=O)c1oc(C2CCCN(C(=O)OC(C)(C)C)C2)nc1-c1ccc(Oc2ccccc2)cc1.CC(C)(C)OC(=O)N1CCCC(c2nc(-c3ccc(Oc4ccccc4)cc3)c(C(=O)O)o2)C1.CC(C)(C)OC(=O)N1CCCC(c2nc(-c3ccc(Oc4ccccc4)cc3)c(C(N)=O)o2)C1. The molecular weight excluding hydrogens is 1300 g/mol.